The summed E-state index contributed by atoms with van der Waals surface area (Å²) in [7, 11) is 1.62. The summed E-state index contributed by atoms with van der Waals surface area (Å²) in [6, 6.07) is 15.3. The predicted molar refractivity (Wildman–Crippen MR) is 112 cm³/mol. The lowest BCUT2D eigenvalue weighted by atomic mass is 9.95. The number of nitrogens with zero attached hydrogens (tertiary/aromatic N) is 3. The van der Waals surface area contributed by atoms with Crippen molar-refractivity contribution in [3.63, 3.8) is 0 Å². The highest BCUT2D eigenvalue weighted by molar-refractivity contribution is 6.06. The molecule has 152 valence electrons. The van der Waals surface area contributed by atoms with Crippen molar-refractivity contribution in [3.05, 3.63) is 66.1 Å². The average Bonchev–Trinajstić information content (AvgIpc) is 3.48. The van der Waals surface area contributed by atoms with Crippen LogP contribution in [0.25, 0.3) is 22.4 Å². The number of hydrogen-bond donors (Lipinski definition) is 1. The van der Waals surface area contributed by atoms with E-state index in [9.17, 15) is 4.79 Å². The van der Waals surface area contributed by atoms with Crippen LogP contribution >= 0.6 is 0 Å². The Morgan fingerprint density at radius 2 is 1.97 bits per heavy atom. The number of ether oxygens (including phenoxy) is 1. The topological polar surface area (TPSA) is 84.2 Å². The van der Waals surface area contributed by atoms with E-state index in [0.29, 0.717) is 30.6 Å². The number of H-pyrrole nitrogens is 1. The number of rotatable bonds is 4. The first-order valence-electron chi connectivity index (χ1n) is 10.1. The van der Waals surface area contributed by atoms with Crippen LogP contribution in [0.15, 0.2) is 59.3 Å². The third-order valence-corrected chi connectivity index (χ3v) is 5.75. The van der Waals surface area contributed by atoms with Gasteiger partial charge in [-0.25, -0.2) is 0 Å². The van der Waals surface area contributed by atoms with Gasteiger partial charge in [-0.3, -0.25) is 4.79 Å². The number of carbonyl (C=O) groups is 1. The van der Waals surface area contributed by atoms with E-state index in [1.807, 2.05) is 59.6 Å². The standard InChI is InChI=1S/C23H22N4O3/c1-29-20-8-3-2-5-18(20)22-25-21(26-30-22)15-10-13-27(14-11-15)23(28)17-6-4-7-19-16(17)9-12-24-19/h2-9,12,15,24H,10-11,13-14H2,1H3. The molecular weight excluding hydrogens is 380 g/mol. The maximum absolute atomic E-state index is 13.1. The van der Waals surface area contributed by atoms with Gasteiger partial charge in [-0.1, -0.05) is 23.4 Å². The number of hydrogen-bond acceptors (Lipinski definition) is 5. The van der Waals surface area contributed by atoms with Gasteiger partial charge in [-0.2, -0.15) is 4.98 Å². The van der Waals surface area contributed by atoms with Crippen LogP contribution in [0.2, 0.25) is 0 Å². The lowest BCUT2D eigenvalue weighted by molar-refractivity contribution is 0.0712. The summed E-state index contributed by atoms with van der Waals surface area (Å²) >= 11 is 0. The van der Waals surface area contributed by atoms with Gasteiger partial charge in [-0.05, 0) is 43.2 Å². The zero-order valence-electron chi connectivity index (χ0n) is 16.7. The van der Waals surface area contributed by atoms with Crippen LogP contribution in [-0.2, 0) is 0 Å². The molecule has 0 bridgehead atoms. The second kappa shape index (κ2) is 7.67. The van der Waals surface area contributed by atoms with E-state index in [4.69, 9.17) is 9.26 Å². The Morgan fingerprint density at radius 1 is 1.13 bits per heavy atom. The molecule has 1 fully saturated rings. The van der Waals surface area contributed by atoms with Crippen LogP contribution in [0, 0.1) is 0 Å². The lowest BCUT2D eigenvalue weighted by Crippen LogP contribution is -2.38. The molecule has 0 atom stereocenters. The third-order valence-electron chi connectivity index (χ3n) is 5.75. The molecule has 0 radical (unpaired) electrons. The molecule has 0 saturated carbocycles. The number of nitrogens with one attached hydrogen (secondary N) is 1. The Morgan fingerprint density at radius 3 is 2.80 bits per heavy atom. The van der Waals surface area contributed by atoms with Crippen LogP contribution in [0.5, 0.6) is 5.75 Å². The minimum atomic E-state index is 0.0708. The molecule has 2 aromatic heterocycles. The van der Waals surface area contributed by atoms with E-state index in [-0.39, 0.29) is 11.8 Å². The molecule has 7 heteroatoms. The fraction of sp³-hybridized carbons (Fsp3) is 0.261. The second-order valence-electron chi connectivity index (χ2n) is 7.47. The molecule has 30 heavy (non-hydrogen) atoms. The third kappa shape index (κ3) is 3.22. The van der Waals surface area contributed by atoms with Gasteiger partial charge >= 0.3 is 0 Å². The number of aromatic nitrogens is 3. The first kappa shape index (κ1) is 18.4. The van der Waals surface area contributed by atoms with E-state index in [2.05, 4.69) is 15.1 Å². The van der Waals surface area contributed by atoms with Crippen molar-refractivity contribution in [1.82, 2.24) is 20.0 Å². The Bertz CT molecular complexity index is 1190. The molecule has 2 aromatic carbocycles. The molecule has 7 nitrogen and oxygen atoms in total. The highest BCUT2D eigenvalue weighted by Crippen LogP contribution is 2.32. The van der Waals surface area contributed by atoms with Gasteiger partial charge in [0.1, 0.15) is 5.75 Å². The highest BCUT2D eigenvalue weighted by atomic mass is 16.5. The number of likely N-dealkylation sites (tertiary alicyclic amines) is 1. The maximum atomic E-state index is 13.1. The average molecular weight is 402 g/mol. The van der Waals surface area contributed by atoms with Gasteiger partial charge in [0.15, 0.2) is 5.82 Å². The van der Waals surface area contributed by atoms with Crippen molar-refractivity contribution in [2.45, 2.75) is 18.8 Å². The van der Waals surface area contributed by atoms with Crippen LogP contribution in [0.3, 0.4) is 0 Å². The van der Waals surface area contributed by atoms with Crippen LogP contribution in [0.4, 0.5) is 0 Å². The Hall–Kier alpha value is -3.61. The monoisotopic (exact) mass is 402 g/mol. The summed E-state index contributed by atoms with van der Waals surface area (Å²) in [6.07, 6.45) is 3.47. The number of carbonyl (C=O) groups excluding carboxylic acids is 1. The fourth-order valence-corrected chi connectivity index (χ4v) is 4.11. The van der Waals surface area contributed by atoms with Gasteiger partial charge in [0.2, 0.25) is 0 Å². The number of aromatic amines is 1. The quantitative estimate of drug-likeness (QED) is 0.552. The van der Waals surface area contributed by atoms with Gasteiger partial charge in [-0.15, -0.1) is 0 Å². The minimum absolute atomic E-state index is 0.0708. The Balaban J connectivity index is 1.29. The number of methoxy groups -OCH3 is 1. The number of para-hydroxylation sites is 1. The summed E-state index contributed by atoms with van der Waals surface area (Å²) in [6.45, 7) is 1.34. The van der Waals surface area contributed by atoms with Crippen molar-refractivity contribution in [3.8, 4) is 17.2 Å². The molecule has 1 saturated heterocycles. The van der Waals surface area contributed by atoms with Gasteiger partial charge in [0, 0.05) is 41.7 Å². The fourth-order valence-electron chi connectivity index (χ4n) is 4.11. The first-order valence-corrected chi connectivity index (χ1v) is 10.1. The zero-order valence-corrected chi connectivity index (χ0v) is 16.7. The van der Waals surface area contributed by atoms with E-state index in [0.717, 1.165) is 34.9 Å². The largest absolute Gasteiger partial charge is 0.496 e. The van der Waals surface area contributed by atoms with Crippen LogP contribution in [0.1, 0.15) is 34.9 Å². The molecule has 0 aliphatic carbocycles. The van der Waals surface area contributed by atoms with Crippen molar-refractivity contribution in [1.29, 1.82) is 0 Å². The molecule has 5 rings (SSSR count). The lowest BCUT2D eigenvalue weighted by Gasteiger charge is -2.30. The molecule has 4 aromatic rings. The van der Waals surface area contributed by atoms with E-state index in [1.165, 1.54) is 0 Å². The van der Waals surface area contributed by atoms with Crippen LogP contribution in [-0.4, -0.2) is 46.1 Å². The molecular formula is C23H22N4O3. The number of amides is 1. The van der Waals surface area contributed by atoms with Gasteiger partial charge < -0.3 is 19.1 Å². The van der Waals surface area contributed by atoms with Crippen molar-refractivity contribution < 1.29 is 14.1 Å². The van der Waals surface area contributed by atoms with Gasteiger partial charge in [0.25, 0.3) is 11.8 Å². The van der Waals surface area contributed by atoms with E-state index >= 15 is 0 Å². The number of fused-ring (bicyclic) bond motifs is 1. The Labute approximate surface area is 173 Å². The molecule has 1 N–H and O–H groups in total. The van der Waals surface area contributed by atoms with Crippen molar-refractivity contribution >= 4 is 16.8 Å². The van der Waals surface area contributed by atoms with Crippen LogP contribution < -0.4 is 4.74 Å². The molecule has 1 aliphatic heterocycles. The summed E-state index contributed by atoms with van der Waals surface area (Å²) in [5, 5.41) is 5.17. The smallest absolute Gasteiger partial charge is 0.261 e. The summed E-state index contributed by atoms with van der Waals surface area (Å²) in [5.74, 6) is 2.09. The van der Waals surface area contributed by atoms with E-state index in [1.54, 1.807) is 7.11 Å². The molecule has 0 spiro atoms. The highest BCUT2D eigenvalue weighted by Gasteiger charge is 2.28. The molecule has 1 amide bonds. The minimum Gasteiger partial charge on any atom is -0.496 e. The van der Waals surface area contributed by atoms with Crippen molar-refractivity contribution in [2.24, 2.45) is 0 Å². The first-order chi connectivity index (χ1) is 14.7. The Kier molecular flexibility index (Phi) is 4.71. The maximum Gasteiger partial charge on any atom is 0.261 e. The predicted octanol–water partition coefficient (Wildman–Crippen LogP) is 4.25. The summed E-state index contributed by atoms with van der Waals surface area (Å²) in [4.78, 5) is 22.8. The van der Waals surface area contributed by atoms with E-state index < -0.39 is 0 Å². The zero-order chi connectivity index (χ0) is 20.5. The SMILES string of the molecule is COc1ccccc1-c1nc(C2CCN(C(=O)c3cccc4[nH]ccc34)CC2)no1. The number of piperidine rings is 1. The summed E-state index contributed by atoms with van der Waals surface area (Å²) in [5.41, 5.74) is 2.50. The molecule has 0 unspecified atom stereocenters. The second-order valence-corrected chi connectivity index (χ2v) is 7.47. The normalized spacial score (nSPS) is 14.9. The van der Waals surface area contributed by atoms with Gasteiger partial charge in [0.05, 0.1) is 12.7 Å². The summed E-state index contributed by atoms with van der Waals surface area (Å²) < 4.78 is 10.9. The molecule has 3 heterocycles. The molecule has 1 aliphatic rings. The van der Waals surface area contributed by atoms with Crippen molar-refractivity contribution in [2.75, 3.05) is 20.2 Å². The number of benzene rings is 2.